The molecule has 1 unspecified atom stereocenters. The molecule has 18 heavy (non-hydrogen) atoms. The third-order valence-electron chi connectivity index (χ3n) is 3.95. The summed E-state index contributed by atoms with van der Waals surface area (Å²) in [5.74, 6) is 0.382. The second-order valence-electron chi connectivity index (χ2n) is 5.69. The van der Waals surface area contributed by atoms with Gasteiger partial charge in [-0.2, -0.15) is 0 Å². The smallest absolute Gasteiger partial charge is 0.225 e. The zero-order valence-electron chi connectivity index (χ0n) is 11.9. The van der Waals surface area contributed by atoms with Crippen LogP contribution in [-0.2, 0) is 4.79 Å². The van der Waals surface area contributed by atoms with Crippen LogP contribution in [-0.4, -0.2) is 17.4 Å². The molecule has 2 rings (SSSR count). The number of hydrogen-bond donors (Lipinski definition) is 0. The molecule has 98 valence electrons. The molecule has 1 amide bonds. The fraction of sp³-hybridized carbons (Fsp3) is 0.562. The summed E-state index contributed by atoms with van der Waals surface area (Å²) in [5.41, 5.74) is 3.93. The van der Waals surface area contributed by atoms with Gasteiger partial charge in [-0.05, 0) is 43.4 Å². The van der Waals surface area contributed by atoms with E-state index in [1.807, 2.05) is 13.8 Å². The zero-order valence-corrected chi connectivity index (χ0v) is 11.9. The van der Waals surface area contributed by atoms with Crippen molar-refractivity contribution < 1.29 is 4.79 Å². The number of rotatable bonds is 2. The van der Waals surface area contributed by atoms with Gasteiger partial charge >= 0.3 is 0 Å². The van der Waals surface area contributed by atoms with Crippen LogP contribution >= 0.6 is 0 Å². The second kappa shape index (κ2) is 5.13. The van der Waals surface area contributed by atoms with Gasteiger partial charge < -0.3 is 4.90 Å². The minimum Gasteiger partial charge on any atom is -0.335 e. The molecule has 0 saturated carbocycles. The van der Waals surface area contributed by atoms with E-state index in [4.69, 9.17) is 0 Å². The Morgan fingerprint density at radius 3 is 2.61 bits per heavy atom. The van der Waals surface area contributed by atoms with E-state index in [0.717, 1.165) is 19.4 Å². The first-order chi connectivity index (χ1) is 8.50. The van der Waals surface area contributed by atoms with Gasteiger partial charge in [0.25, 0.3) is 0 Å². The summed E-state index contributed by atoms with van der Waals surface area (Å²) in [4.78, 5) is 14.3. The topological polar surface area (TPSA) is 20.3 Å². The number of hydrogen-bond acceptors (Lipinski definition) is 1. The van der Waals surface area contributed by atoms with Crippen LogP contribution in [0.2, 0.25) is 0 Å². The quantitative estimate of drug-likeness (QED) is 0.779. The van der Waals surface area contributed by atoms with E-state index in [1.54, 1.807) is 0 Å². The molecular weight excluding hydrogens is 222 g/mol. The van der Waals surface area contributed by atoms with Crippen LogP contribution in [0, 0.1) is 19.8 Å². The third kappa shape index (κ3) is 2.43. The molecule has 0 aromatic heterocycles. The summed E-state index contributed by atoms with van der Waals surface area (Å²) in [6.45, 7) is 9.15. The Morgan fingerprint density at radius 2 is 2.00 bits per heavy atom. The molecule has 2 nitrogen and oxygen atoms in total. The van der Waals surface area contributed by atoms with Gasteiger partial charge in [-0.25, -0.2) is 0 Å². The van der Waals surface area contributed by atoms with Crippen molar-refractivity contribution in [1.29, 1.82) is 0 Å². The number of likely N-dealkylation sites (tertiary alicyclic amines) is 1. The number of amides is 1. The van der Waals surface area contributed by atoms with Crippen LogP contribution in [0.15, 0.2) is 18.2 Å². The summed E-state index contributed by atoms with van der Waals surface area (Å²) in [7, 11) is 0. The lowest BCUT2D eigenvalue weighted by Crippen LogP contribution is -2.33. The van der Waals surface area contributed by atoms with Crippen molar-refractivity contribution in [3.63, 3.8) is 0 Å². The Morgan fingerprint density at radius 1 is 1.28 bits per heavy atom. The average molecular weight is 245 g/mol. The maximum Gasteiger partial charge on any atom is 0.225 e. The summed E-state index contributed by atoms with van der Waals surface area (Å²) in [6.07, 6.45) is 2.22. The molecule has 0 N–H and O–H groups in total. The summed E-state index contributed by atoms with van der Waals surface area (Å²) in [6, 6.07) is 6.88. The maximum absolute atomic E-state index is 12.2. The largest absolute Gasteiger partial charge is 0.335 e. The van der Waals surface area contributed by atoms with Crippen molar-refractivity contribution in [2.75, 3.05) is 6.54 Å². The van der Waals surface area contributed by atoms with Crippen LogP contribution in [0.5, 0.6) is 0 Å². The molecule has 1 aromatic rings. The van der Waals surface area contributed by atoms with Crippen molar-refractivity contribution >= 4 is 5.91 Å². The molecule has 0 radical (unpaired) electrons. The Bertz CT molecular complexity index is 450. The van der Waals surface area contributed by atoms with Gasteiger partial charge in [0.15, 0.2) is 0 Å². The minimum atomic E-state index is 0.0946. The van der Waals surface area contributed by atoms with Crippen LogP contribution in [0.3, 0.4) is 0 Å². The van der Waals surface area contributed by atoms with Crippen LogP contribution in [0.25, 0.3) is 0 Å². The Hall–Kier alpha value is -1.31. The minimum absolute atomic E-state index is 0.0946. The Kier molecular flexibility index (Phi) is 3.74. The predicted octanol–water partition coefficient (Wildman–Crippen LogP) is 3.62. The highest BCUT2D eigenvalue weighted by atomic mass is 16.2. The molecule has 1 heterocycles. The fourth-order valence-electron chi connectivity index (χ4n) is 2.68. The van der Waals surface area contributed by atoms with Crippen molar-refractivity contribution in [3.05, 3.63) is 34.9 Å². The molecule has 0 bridgehead atoms. The van der Waals surface area contributed by atoms with E-state index in [1.165, 1.54) is 16.7 Å². The Balaban J connectivity index is 2.26. The molecule has 1 fully saturated rings. The SMILES string of the molecule is Cc1ccc(C2CCCN2C(=O)C(C)C)cc1C. The highest BCUT2D eigenvalue weighted by Crippen LogP contribution is 2.33. The van der Waals surface area contributed by atoms with E-state index in [9.17, 15) is 4.79 Å². The lowest BCUT2D eigenvalue weighted by atomic mass is 9.99. The van der Waals surface area contributed by atoms with Crippen LogP contribution in [0.1, 0.15) is 49.4 Å². The van der Waals surface area contributed by atoms with E-state index in [-0.39, 0.29) is 11.8 Å². The fourth-order valence-corrected chi connectivity index (χ4v) is 2.68. The molecular formula is C16H23NO. The molecule has 1 atom stereocenters. The lowest BCUT2D eigenvalue weighted by molar-refractivity contribution is -0.135. The number of carbonyl (C=O) groups excluding carboxylic acids is 1. The van der Waals surface area contributed by atoms with Crippen molar-refractivity contribution in [3.8, 4) is 0 Å². The molecule has 2 heteroatoms. The normalized spacial score (nSPS) is 19.6. The number of aryl methyl sites for hydroxylation is 2. The molecule has 1 aromatic carbocycles. The van der Waals surface area contributed by atoms with Gasteiger partial charge in [-0.15, -0.1) is 0 Å². The zero-order chi connectivity index (χ0) is 13.3. The third-order valence-corrected chi connectivity index (χ3v) is 3.95. The van der Waals surface area contributed by atoms with Crippen molar-refractivity contribution in [2.45, 2.75) is 46.6 Å². The lowest BCUT2D eigenvalue weighted by Gasteiger charge is -2.27. The first-order valence-electron chi connectivity index (χ1n) is 6.88. The van der Waals surface area contributed by atoms with E-state index in [2.05, 4.69) is 36.9 Å². The standard InChI is InChI=1S/C16H23NO/c1-11(2)16(18)17-9-5-6-15(17)14-8-7-12(3)13(4)10-14/h7-8,10-11,15H,5-6,9H2,1-4H3. The summed E-state index contributed by atoms with van der Waals surface area (Å²) >= 11 is 0. The van der Waals surface area contributed by atoms with Gasteiger partial charge in [-0.3, -0.25) is 4.79 Å². The molecule has 0 spiro atoms. The molecule has 1 aliphatic heterocycles. The monoisotopic (exact) mass is 245 g/mol. The second-order valence-corrected chi connectivity index (χ2v) is 5.69. The highest BCUT2D eigenvalue weighted by Gasteiger charge is 2.30. The van der Waals surface area contributed by atoms with Gasteiger partial charge in [0.1, 0.15) is 0 Å². The first kappa shape index (κ1) is 13.1. The highest BCUT2D eigenvalue weighted by molar-refractivity contribution is 5.79. The Labute approximate surface area is 110 Å². The van der Waals surface area contributed by atoms with Gasteiger partial charge in [0.05, 0.1) is 6.04 Å². The average Bonchev–Trinajstić information content (AvgIpc) is 2.80. The van der Waals surface area contributed by atoms with E-state index >= 15 is 0 Å². The molecule has 1 aliphatic rings. The first-order valence-corrected chi connectivity index (χ1v) is 6.88. The molecule has 1 saturated heterocycles. The number of carbonyl (C=O) groups is 1. The van der Waals surface area contributed by atoms with Crippen molar-refractivity contribution in [1.82, 2.24) is 4.90 Å². The van der Waals surface area contributed by atoms with Crippen LogP contribution in [0.4, 0.5) is 0 Å². The predicted molar refractivity (Wildman–Crippen MR) is 74.4 cm³/mol. The maximum atomic E-state index is 12.2. The number of benzene rings is 1. The summed E-state index contributed by atoms with van der Waals surface area (Å²) in [5, 5.41) is 0. The van der Waals surface area contributed by atoms with E-state index in [0.29, 0.717) is 6.04 Å². The summed E-state index contributed by atoms with van der Waals surface area (Å²) < 4.78 is 0. The van der Waals surface area contributed by atoms with Gasteiger partial charge in [0, 0.05) is 12.5 Å². The molecule has 0 aliphatic carbocycles. The van der Waals surface area contributed by atoms with E-state index < -0.39 is 0 Å². The van der Waals surface area contributed by atoms with Gasteiger partial charge in [-0.1, -0.05) is 32.0 Å². The number of nitrogens with zero attached hydrogens (tertiary/aromatic N) is 1. The van der Waals surface area contributed by atoms with Gasteiger partial charge in [0.2, 0.25) is 5.91 Å². The van der Waals surface area contributed by atoms with Crippen LogP contribution < -0.4 is 0 Å². The van der Waals surface area contributed by atoms with Crippen molar-refractivity contribution in [2.24, 2.45) is 5.92 Å².